The zero-order valence-electron chi connectivity index (χ0n) is 10.3. The number of fused-ring (bicyclic) bond motifs is 1. The Balaban J connectivity index is 2.45. The van der Waals surface area contributed by atoms with Gasteiger partial charge >= 0.3 is 0 Å². The normalized spacial score (nSPS) is 10.8. The van der Waals surface area contributed by atoms with E-state index in [2.05, 4.69) is 4.98 Å². The van der Waals surface area contributed by atoms with Crippen LogP contribution >= 0.6 is 11.6 Å². The highest BCUT2D eigenvalue weighted by Crippen LogP contribution is 2.22. The molecule has 2 heterocycles. The van der Waals surface area contributed by atoms with E-state index in [9.17, 15) is 4.79 Å². The van der Waals surface area contributed by atoms with Crippen molar-refractivity contribution >= 4 is 22.6 Å². The number of para-hydroxylation sites is 1. The summed E-state index contributed by atoms with van der Waals surface area (Å²) in [5.41, 5.74) is 2.33. The van der Waals surface area contributed by atoms with Crippen molar-refractivity contribution in [3.63, 3.8) is 0 Å². The van der Waals surface area contributed by atoms with Gasteiger partial charge in [0.25, 0.3) is 0 Å². The van der Waals surface area contributed by atoms with E-state index in [1.165, 1.54) is 0 Å². The molecule has 3 nitrogen and oxygen atoms in total. The number of hydrogen-bond acceptors (Lipinski definition) is 2. The minimum absolute atomic E-state index is 0.0242. The first-order valence-corrected chi connectivity index (χ1v) is 6.28. The van der Waals surface area contributed by atoms with Gasteiger partial charge in [-0.1, -0.05) is 23.7 Å². The van der Waals surface area contributed by atoms with Gasteiger partial charge in [0.1, 0.15) is 5.65 Å². The summed E-state index contributed by atoms with van der Waals surface area (Å²) in [6.07, 6.45) is 3.41. The molecule has 0 amide bonds. The highest BCUT2D eigenvalue weighted by atomic mass is 35.5. The van der Waals surface area contributed by atoms with Crippen LogP contribution in [0.4, 0.5) is 0 Å². The molecule has 0 unspecified atom stereocenters. The fraction of sp³-hybridized carbons (Fsp3) is 0.0667. The summed E-state index contributed by atoms with van der Waals surface area (Å²) in [7, 11) is 0. The monoisotopic (exact) mass is 270 g/mol. The van der Waals surface area contributed by atoms with Crippen LogP contribution in [-0.4, -0.2) is 9.55 Å². The first-order chi connectivity index (χ1) is 9.18. The Kier molecular flexibility index (Phi) is 2.84. The van der Waals surface area contributed by atoms with Crippen molar-refractivity contribution in [1.29, 1.82) is 0 Å². The van der Waals surface area contributed by atoms with E-state index < -0.39 is 0 Å². The standard InChI is InChI=1S/C15H11ClN2O/c1-10-6-8-17-15-14(10)13(19)7-9-18(15)12-5-3-2-4-11(12)16/h2-9H,1H3. The summed E-state index contributed by atoms with van der Waals surface area (Å²) in [5, 5.41) is 1.25. The zero-order chi connectivity index (χ0) is 13.4. The van der Waals surface area contributed by atoms with Crippen LogP contribution in [0.1, 0.15) is 5.56 Å². The Morgan fingerprint density at radius 3 is 2.74 bits per heavy atom. The molecule has 19 heavy (non-hydrogen) atoms. The molecule has 94 valence electrons. The Morgan fingerprint density at radius 2 is 1.95 bits per heavy atom. The lowest BCUT2D eigenvalue weighted by Gasteiger charge is -2.12. The summed E-state index contributed by atoms with van der Waals surface area (Å²) in [6.45, 7) is 1.91. The molecule has 0 atom stereocenters. The van der Waals surface area contributed by atoms with Gasteiger partial charge in [-0.05, 0) is 30.7 Å². The van der Waals surface area contributed by atoms with Crippen molar-refractivity contribution in [3.05, 3.63) is 69.6 Å². The lowest BCUT2D eigenvalue weighted by molar-refractivity contribution is 1.06. The van der Waals surface area contributed by atoms with E-state index in [1.54, 1.807) is 18.5 Å². The van der Waals surface area contributed by atoms with Crippen LogP contribution in [0.15, 0.2) is 53.6 Å². The van der Waals surface area contributed by atoms with Gasteiger partial charge in [-0.3, -0.25) is 9.36 Å². The summed E-state index contributed by atoms with van der Waals surface area (Å²) in [5.74, 6) is 0. The molecule has 0 aliphatic rings. The van der Waals surface area contributed by atoms with Gasteiger partial charge in [-0.15, -0.1) is 0 Å². The number of halogens is 1. The molecule has 0 saturated heterocycles. The summed E-state index contributed by atoms with van der Waals surface area (Å²) in [4.78, 5) is 16.3. The molecule has 0 saturated carbocycles. The third-order valence-corrected chi connectivity index (χ3v) is 3.42. The first kappa shape index (κ1) is 11.9. The van der Waals surface area contributed by atoms with E-state index in [0.29, 0.717) is 16.1 Å². The maximum atomic E-state index is 12.0. The Bertz CT molecular complexity index is 824. The number of nitrogens with zero attached hydrogens (tertiary/aromatic N) is 2. The number of aryl methyl sites for hydroxylation is 1. The van der Waals surface area contributed by atoms with E-state index in [-0.39, 0.29) is 5.43 Å². The fourth-order valence-electron chi connectivity index (χ4n) is 2.17. The number of hydrogen-bond donors (Lipinski definition) is 0. The summed E-state index contributed by atoms with van der Waals surface area (Å²) < 4.78 is 1.84. The molecule has 0 N–H and O–H groups in total. The minimum Gasteiger partial charge on any atom is -0.300 e. The van der Waals surface area contributed by atoms with Gasteiger partial charge in [0.2, 0.25) is 0 Å². The number of benzene rings is 1. The van der Waals surface area contributed by atoms with Gasteiger partial charge in [0, 0.05) is 18.5 Å². The predicted octanol–water partition coefficient (Wildman–Crippen LogP) is 3.35. The zero-order valence-corrected chi connectivity index (χ0v) is 11.1. The van der Waals surface area contributed by atoms with E-state index in [0.717, 1.165) is 11.3 Å². The smallest absolute Gasteiger partial charge is 0.191 e. The van der Waals surface area contributed by atoms with Crippen molar-refractivity contribution in [1.82, 2.24) is 9.55 Å². The van der Waals surface area contributed by atoms with Gasteiger partial charge in [-0.25, -0.2) is 4.98 Å². The average molecular weight is 271 g/mol. The van der Waals surface area contributed by atoms with Crippen molar-refractivity contribution in [3.8, 4) is 5.69 Å². The van der Waals surface area contributed by atoms with Crippen LogP contribution in [0.2, 0.25) is 5.02 Å². The molecule has 0 bridgehead atoms. The first-order valence-electron chi connectivity index (χ1n) is 5.90. The lowest BCUT2D eigenvalue weighted by Crippen LogP contribution is -2.09. The second-order valence-electron chi connectivity index (χ2n) is 4.33. The van der Waals surface area contributed by atoms with Crippen LogP contribution in [0.25, 0.3) is 16.7 Å². The molecule has 0 radical (unpaired) electrons. The Labute approximate surface area is 115 Å². The molecule has 0 fully saturated rings. The second kappa shape index (κ2) is 4.52. The van der Waals surface area contributed by atoms with Crippen molar-refractivity contribution in [2.45, 2.75) is 6.92 Å². The minimum atomic E-state index is -0.0242. The summed E-state index contributed by atoms with van der Waals surface area (Å²) >= 11 is 6.21. The molecular weight excluding hydrogens is 260 g/mol. The molecule has 0 aliphatic heterocycles. The maximum Gasteiger partial charge on any atom is 0.191 e. The van der Waals surface area contributed by atoms with Crippen LogP contribution in [0.5, 0.6) is 0 Å². The fourth-order valence-corrected chi connectivity index (χ4v) is 2.40. The quantitative estimate of drug-likeness (QED) is 0.680. The molecule has 0 aliphatic carbocycles. The van der Waals surface area contributed by atoms with Crippen LogP contribution in [0, 0.1) is 6.92 Å². The Morgan fingerprint density at radius 1 is 1.16 bits per heavy atom. The van der Waals surface area contributed by atoms with E-state index in [4.69, 9.17) is 11.6 Å². The molecule has 4 heteroatoms. The second-order valence-corrected chi connectivity index (χ2v) is 4.74. The highest BCUT2D eigenvalue weighted by Gasteiger charge is 2.09. The lowest BCUT2D eigenvalue weighted by atomic mass is 10.1. The number of aromatic nitrogens is 2. The number of pyridine rings is 2. The van der Waals surface area contributed by atoms with Gasteiger partial charge < -0.3 is 0 Å². The Hall–Kier alpha value is -2.13. The topological polar surface area (TPSA) is 34.9 Å². The number of rotatable bonds is 1. The molecule has 1 aromatic carbocycles. The predicted molar refractivity (Wildman–Crippen MR) is 77.1 cm³/mol. The van der Waals surface area contributed by atoms with Crippen LogP contribution in [-0.2, 0) is 0 Å². The van der Waals surface area contributed by atoms with Gasteiger partial charge in [0.15, 0.2) is 5.43 Å². The van der Waals surface area contributed by atoms with Crippen molar-refractivity contribution in [2.75, 3.05) is 0 Å². The SMILES string of the molecule is Cc1ccnc2c1c(=O)ccn2-c1ccccc1Cl. The van der Waals surface area contributed by atoms with E-state index in [1.807, 2.05) is 41.8 Å². The van der Waals surface area contributed by atoms with Crippen LogP contribution < -0.4 is 5.43 Å². The maximum absolute atomic E-state index is 12.0. The molecule has 2 aromatic heterocycles. The van der Waals surface area contributed by atoms with Gasteiger partial charge in [0.05, 0.1) is 16.1 Å². The third-order valence-electron chi connectivity index (χ3n) is 3.10. The van der Waals surface area contributed by atoms with Crippen molar-refractivity contribution < 1.29 is 0 Å². The summed E-state index contributed by atoms with van der Waals surface area (Å²) in [6, 6.07) is 10.9. The van der Waals surface area contributed by atoms with Gasteiger partial charge in [-0.2, -0.15) is 0 Å². The van der Waals surface area contributed by atoms with Crippen LogP contribution in [0.3, 0.4) is 0 Å². The molecule has 0 spiro atoms. The third kappa shape index (κ3) is 1.92. The van der Waals surface area contributed by atoms with E-state index >= 15 is 0 Å². The highest BCUT2D eigenvalue weighted by molar-refractivity contribution is 6.32. The molecular formula is C15H11ClN2O. The largest absolute Gasteiger partial charge is 0.300 e. The average Bonchev–Trinajstić information content (AvgIpc) is 2.40. The molecule has 3 rings (SSSR count). The van der Waals surface area contributed by atoms with Crippen molar-refractivity contribution in [2.24, 2.45) is 0 Å². The molecule has 3 aromatic rings.